The first-order valence-electron chi connectivity index (χ1n) is 7.76. The molecule has 0 bridgehead atoms. The van der Waals surface area contributed by atoms with Gasteiger partial charge < -0.3 is 5.11 Å². The number of hydrogen-bond acceptors (Lipinski definition) is 5. The highest BCUT2D eigenvalue weighted by molar-refractivity contribution is 6.32. The number of aliphatic imine (C=N–C) groups is 1. The minimum absolute atomic E-state index is 0.000690. The molecular weight excluding hydrogens is 356 g/mol. The van der Waals surface area contributed by atoms with Gasteiger partial charge in [0, 0.05) is 11.1 Å². The standard InChI is InChI=1S/C18H15ClN4O3/c19-18(26)17(25)12-5-3-4-11(8-12)10-23-14-7-2-1-6-13(14)21-15(23)9-16(24)22-20/h1-8,10,18,26H,9,20H2/p+1. The Balaban J connectivity index is 2.02. The predicted molar refractivity (Wildman–Crippen MR) is 98.2 cm³/mol. The molecule has 1 heterocycles. The third kappa shape index (κ3) is 3.70. The van der Waals surface area contributed by atoms with E-state index in [0.29, 0.717) is 11.4 Å². The molecule has 0 saturated heterocycles. The lowest BCUT2D eigenvalue weighted by atomic mass is 10.1. The topological polar surface area (TPSA) is 108 Å². The summed E-state index contributed by atoms with van der Waals surface area (Å²) in [5.74, 6) is 4.73. The number of nitrogens with zero attached hydrogens (tertiary/aromatic N) is 2. The number of rotatable bonds is 5. The number of amidine groups is 1. The summed E-state index contributed by atoms with van der Waals surface area (Å²) >= 11 is 5.46. The first-order chi connectivity index (χ1) is 12.5. The lowest BCUT2D eigenvalue weighted by Crippen LogP contribution is -2.33. The van der Waals surface area contributed by atoms with Gasteiger partial charge in [-0.1, -0.05) is 41.9 Å². The zero-order valence-corrected chi connectivity index (χ0v) is 14.3. The Labute approximate surface area is 154 Å². The number of aliphatic hydroxyl groups is 1. The number of ketones is 1. The van der Waals surface area contributed by atoms with Crippen LogP contribution in [0.25, 0.3) is 0 Å². The molecule has 0 aliphatic carbocycles. The number of hydrazine groups is 1. The number of fused-ring (bicyclic) bond motifs is 1. The Morgan fingerprint density at radius 1 is 1.27 bits per heavy atom. The van der Waals surface area contributed by atoms with Crippen molar-refractivity contribution < 1.29 is 19.3 Å². The van der Waals surface area contributed by atoms with Crippen LogP contribution in [0.3, 0.4) is 0 Å². The Bertz CT molecular complexity index is 938. The number of hydrogen-bond donors (Lipinski definition) is 3. The fourth-order valence-electron chi connectivity index (χ4n) is 2.62. The molecule has 7 nitrogen and oxygen atoms in total. The summed E-state index contributed by atoms with van der Waals surface area (Å²) in [5, 5.41) is 9.27. The van der Waals surface area contributed by atoms with Gasteiger partial charge in [0.1, 0.15) is 12.6 Å². The first-order valence-corrected chi connectivity index (χ1v) is 8.20. The van der Waals surface area contributed by atoms with E-state index in [0.717, 1.165) is 11.4 Å². The van der Waals surface area contributed by atoms with Crippen LogP contribution in [0.4, 0.5) is 11.4 Å². The summed E-state index contributed by atoms with van der Waals surface area (Å²) in [7, 11) is 0. The Hall–Kier alpha value is -2.87. The SMILES string of the molecule is NNC(=O)CC1=Nc2ccccc2[N+]1=Cc1cccc(C(=O)C(O)Cl)c1. The van der Waals surface area contributed by atoms with Crippen molar-refractivity contribution in [1.29, 1.82) is 0 Å². The smallest absolute Gasteiger partial charge is 0.314 e. The van der Waals surface area contributed by atoms with E-state index < -0.39 is 11.3 Å². The zero-order valence-electron chi connectivity index (χ0n) is 13.6. The number of carbonyl (C=O) groups excluding carboxylic acids is 2. The van der Waals surface area contributed by atoms with Gasteiger partial charge in [-0.25, -0.2) is 5.84 Å². The van der Waals surface area contributed by atoms with E-state index >= 15 is 0 Å². The third-order valence-electron chi connectivity index (χ3n) is 3.81. The lowest BCUT2D eigenvalue weighted by molar-refractivity contribution is -0.296. The summed E-state index contributed by atoms with van der Waals surface area (Å²) in [6.45, 7) is 0. The third-order valence-corrected chi connectivity index (χ3v) is 4.01. The highest BCUT2D eigenvalue weighted by Gasteiger charge is 2.31. The van der Waals surface area contributed by atoms with E-state index in [1.54, 1.807) is 35.1 Å². The number of halogens is 1. The van der Waals surface area contributed by atoms with Crippen LogP contribution in [-0.4, -0.2) is 39.0 Å². The maximum atomic E-state index is 11.9. The molecule has 0 aromatic heterocycles. The monoisotopic (exact) mass is 371 g/mol. The van der Waals surface area contributed by atoms with Crippen LogP contribution in [0.2, 0.25) is 0 Å². The number of amides is 1. The van der Waals surface area contributed by atoms with Crippen molar-refractivity contribution in [2.75, 3.05) is 0 Å². The largest absolute Gasteiger partial charge is 0.371 e. The quantitative estimate of drug-likeness (QED) is 0.185. The van der Waals surface area contributed by atoms with Crippen molar-refractivity contribution in [1.82, 2.24) is 5.43 Å². The van der Waals surface area contributed by atoms with Gasteiger partial charge in [-0.15, -0.1) is 0 Å². The molecule has 2 aromatic carbocycles. The van der Waals surface area contributed by atoms with Gasteiger partial charge >= 0.3 is 5.84 Å². The van der Waals surface area contributed by atoms with Crippen molar-refractivity contribution >= 4 is 46.7 Å². The fraction of sp³-hybridized carbons (Fsp3) is 0.111. The van der Waals surface area contributed by atoms with E-state index in [-0.39, 0.29) is 17.9 Å². The van der Waals surface area contributed by atoms with Crippen LogP contribution in [0, 0.1) is 0 Å². The summed E-state index contributed by atoms with van der Waals surface area (Å²) in [6.07, 6.45) is 1.76. The molecular formula is C18H16ClN4O3+. The number of carbonyl (C=O) groups is 2. The first kappa shape index (κ1) is 17.9. The summed E-state index contributed by atoms with van der Waals surface area (Å²) in [6, 6.07) is 14.1. The van der Waals surface area contributed by atoms with Crippen LogP contribution >= 0.6 is 11.6 Å². The molecule has 3 rings (SSSR count). The number of para-hydroxylation sites is 2. The number of alkyl halides is 1. The zero-order chi connectivity index (χ0) is 18.7. The summed E-state index contributed by atoms with van der Waals surface area (Å²) < 4.78 is 1.77. The molecule has 0 radical (unpaired) electrons. The second-order valence-electron chi connectivity index (χ2n) is 5.59. The Morgan fingerprint density at radius 2 is 2.04 bits per heavy atom. The second kappa shape index (κ2) is 7.57. The van der Waals surface area contributed by atoms with E-state index in [1.807, 2.05) is 24.3 Å². The van der Waals surface area contributed by atoms with Gasteiger partial charge in [0.15, 0.2) is 11.3 Å². The molecule has 26 heavy (non-hydrogen) atoms. The number of nitrogens with one attached hydrogen (secondary N) is 1. The Morgan fingerprint density at radius 3 is 2.77 bits per heavy atom. The van der Waals surface area contributed by atoms with Gasteiger partial charge in [0.2, 0.25) is 17.4 Å². The van der Waals surface area contributed by atoms with Crippen molar-refractivity contribution in [2.45, 2.75) is 12.0 Å². The van der Waals surface area contributed by atoms with E-state index in [2.05, 4.69) is 10.4 Å². The molecule has 8 heteroatoms. The summed E-state index contributed by atoms with van der Waals surface area (Å²) in [5.41, 5.74) is 3.00. The minimum Gasteiger partial charge on any atom is -0.371 e. The average Bonchev–Trinajstić information content (AvgIpc) is 2.98. The van der Waals surface area contributed by atoms with Crippen LogP contribution in [0.15, 0.2) is 53.5 Å². The van der Waals surface area contributed by atoms with Crippen molar-refractivity contribution in [3.63, 3.8) is 0 Å². The molecule has 1 aliphatic heterocycles. The van der Waals surface area contributed by atoms with E-state index in [1.165, 1.54) is 0 Å². The van der Waals surface area contributed by atoms with Crippen molar-refractivity contribution in [3.05, 3.63) is 59.7 Å². The lowest BCUT2D eigenvalue weighted by Gasteiger charge is -2.04. The van der Waals surface area contributed by atoms with Gasteiger partial charge in [-0.3, -0.25) is 15.0 Å². The molecule has 2 aromatic rings. The minimum atomic E-state index is -1.59. The molecule has 1 aliphatic rings. The number of Topliss-reactive ketones (excluding diaryl/α,β-unsaturated/α-hetero) is 1. The molecule has 4 N–H and O–H groups in total. The van der Waals surface area contributed by atoms with Crippen LogP contribution in [-0.2, 0) is 4.79 Å². The number of aliphatic hydroxyl groups excluding tert-OH is 1. The molecule has 1 unspecified atom stereocenters. The molecule has 1 amide bonds. The van der Waals surface area contributed by atoms with E-state index in [9.17, 15) is 14.7 Å². The van der Waals surface area contributed by atoms with Gasteiger partial charge in [-0.2, -0.15) is 4.58 Å². The number of benzene rings is 2. The molecule has 1 atom stereocenters. The highest BCUT2D eigenvalue weighted by atomic mass is 35.5. The second-order valence-corrected chi connectivity index (χ2v) is 6.00. The van der Waals surface area contributed by atoms with Gasteiger partial charge in [-0.05, 0) is 23.2 Å². The van der Waals surface area contributed by atoms with Crippen molar-refractivity contribution in [3.8, 4) is 0 Å². The Kier molecular flexibility index (Phi) is 5.22. The molecule has 132 valence electrons. The summed E-state index contributed by atoms with van der Waals surface area (Å²) in [4.78, 5) is 28.0. The fourth-order valence-corrected chi connectivity index (χ4v) is 2.74. The number of nitrogens with two attached hydrogens (primary N) is 1. The maximum absolute atomic E-state index is 11.9. The maximum Gasteiger partial charge on any atom is 0.314 e. The van der Waals surface area contributed by atoms with Crippen molar-refractivity contribution in [2.24, 2.45) is 10.8 Å². The highest BCUT2D eigenvalue weighted by Crippen LogP contribution is 2.33. The average molecular weight is 372 g/mol. The van der Waals surface area contributed by atoms with E-state index in [4.69, 9.17) is 17.4 Å². The van der Waals surface area contributed by atoms with Crippen LogP contribution < -0.4 is 11.3 Å². The molecule has 0 fully saturated rings. The molecule has 0 saturated carbocycles. The van der Waals surface area contributed by atoms with Gasteiger partial charge in [0.25, 0.3) is 0 Å². The predicted octanol–water partition coefficient (Wildman–Crippen LogP) is 1.61. The van der Waals surface area contributed by atoms with Crippen LogP contribution in [0.5, 0.6) is 0 Å². The van der Waals surface area contributed by atoms with Gasteiger partial charge in [0.05, 0.1) is 0 Å². The van der Waals surface area contributed by atoms with Crippen LogP contribution in [0.1, 0.15) is 22.3 Å². The molecule has 0 spiro atoms. The normalized spacial score (nSPS) is 15.3.